The van der Waals surface area contributed by atoms with Gasteiger partial charge in [-0.2, -0.15) is 5.10 Å². The van der Waals surface area contributed by atoms with Gasteiger partial charge in [0.1, 0.15) is 0 Å². The highest BCUT2D eigenvalue weighted by atomic mass is 15.3. The average molecular weight is 327 g/mol. The van der Waals surface area contributed by atoms with Crippen LogP contribution in [-0.2, 0) is 19.9 Å². The van der Waals surface area contributed by atoms with Gasteiger partial charge in [0.15, 0.2) is 5.96 Å². The van der Waals surface area contributed by atoms with Crippen LogP contribution < -0.4 is 10.6 Å². The second-order valence-electron chi connectivity index (χ2n) is 6.26. The number of aryl methyl sites for hydroxylation is 2. The third-order valence-electron chi connectivity index (χ3n) is 4.32. The summed E-state index contributed by atoms with van der Waals surface area (Å²) in [6.45, 7) is 7.23. The largest absolute Gasteiger partial charge is 0.356 e. The third kappa shape index (κ3) is 4.85. The maximum atomic E-state index is 4.49. The fourth-order valence-electron chi connectivity index (χ4n) is 2.87. The van der Waals surface area contributed by atoms with Gasteiger partial charge in [0.05, 0.1) is 5.69 Å². The summed E-state index contributed by atoms with van der Waals surface area (Å²) in [4.78, 5) is 4.32. The molecule has 2 N–H and O–H groups in total. The van der Waals surface area contributed by atoms with Crippen LogP contribution in [0.5, 0.6) is 0 Å². The molecule has 1 aromatic carbocycles. The number of hydrogen-bond acceptors (Lipinski definition) is 2. The number of nitrogens with one attached hydrogen (secondary N) is 2. The summed E-state index contributed by atoms with van der Waals surface area (Å²) < 4.78 is 1.95. The highest BCUT2D eigenvalue weighted by Crippen LogP contribution is 2.14. The van der Waals surface area contributed by atoms with Crippen molar-refractivity contribution in [3.05, 3.63) is 52.8 Å². The van der Waals surface area contributed by atoms with Gasteiger partial charge in [0.2, 0.25) is 0 Å². The van der Waals surface area contributed by atoms with Gasteiger partial charge in [0.25, 0.3) is 0 Å². The number of guanidine groups is 1. The van der Waals surface area contributed by atoms with E-state index in [1.165, 1.54) is 16.8 Å². The van der Waals surface area contributed by atoms with Crippen LogP contribution in [0.2, 0.25) is 0 Å². The van der Waals surface area contributed by atoms with E-state index in [9.17, 15) is 0 Å². The van der Waals surface area contributed by atoms with Crippen LogP contribution in [0.4, 0.5) is 0 Å². The minimum atomic E-state index is 0.287. The molecule has 0 radical (unpaired) electrons. The zero-order valence-corrected chi connectivity index (χ0v) is 15.4. The summed E-state index contributed by atoms with van der Waals surface area (Å²) >= 11 is 0. The van der Waals surface area contributed by atoms with Crippen LogP contribution in [0.25, 0.3) is 0 Å². The van der Waals surface area contributed by atoms with E-state index in [0.717, 1.165) is 31.0 Å². The van der Waals surface area contributed by atoms with Gasteiger partial charge in [-0.15, -0.1) is 0 Å². The zero-order valence-electron chi connectivity index (χ0n) is 15.4. The molecular weight excluding hydrogens is 298 g/mol. The van der Waals surface area contributed by atoms with Gasteiger partial charge in [0, 0.05) is 32.4 Å². The Bertz CT molecular complexity index is 673. The minimum absolute atomic E-state index is 0.287. The van der Waals surface area contributed by atoms with E-state index in [2.05, 4.69) is 65.8 Å². The molecule has 24 heavy (non-hydrogen) atoms. The molecule has 0 aliphatic heterocycles. The highest BCUT2D eigenvalue weighted by Gasteiger charge is 2.13. The van der Waals surface area contributed by atoms with Crippen molar-refractivity contribution in [1.29, 1.82) is 0 Å². The predicted molar refractivity (Wildman–Crippen MR) is 100 cm³/mol. The second-order valence-corrected chi connectivity index (χ2v) is 6.26. The fraction of sp³-hybridized carbons (Fsp3) is 0.474. The first-order valence-corrected chi connectivity index (χ1v) is 8.51. The van der Waals surface area contributed by atoms with Gasteiger partial charge in [-0.05, 0) is 44.7 Å². The first kappa shape index (κ1) is 18.0. The van der Waals surface area contributed by atoms with E-state index in [1.54, 1.807) is 0 Å². The van der Waals surface area contributed by atoms with Gasteiger partial charge >= 0.3 is 0 Å². The molecule has 1 aromatic heterocycles. The zero-order chi connectivity index (χ0) is 17.5. The van der Waals surface area contributed by atoms with Crippen molar-refractivity contribution in [3.63, 3.8) is 0 Å². The molecule has 130 valence electrons. The molecule has 1 atom stereocenters. The van der Waals surface area contributed by atoms with Crippen LogP contribution in [0.1, 0.15) is 29.4 Å². The van der Waals surface area contributed by atoms with Crippen LogP contribution in [0.15, 0.2) is 35.3 Å². The highest BCUT2D eigenvalue weighted by molar-refractivity contribution is 5.79. The Morgan fingerprint density at radius 3 is 2.54 bits per heavy atom. The lowest BCUT2D eigenvalue weighted by molar-refractivity contribution is 0.635. The number of nitrogens with zero attached hydrogens (tertiary/aromatic N) is 3. The van der Waals surface area contributed by atoms with Crippen molar-refractivity contribution < 1.29 is 0 Å². The summed E-state index contributed by atoms with van der Waals surface area (Å²) in [7, 11) is 3.80. The number of aromatic nitrogens is 2. The smallest absolute Gasteiger partial charge is 0.191 e. The predicted octanol–water partition coefficient (Wildman–Crippen LogP) is 2.38. The number of benzene rings is 1. The van der Waals surface area contributed by atoms with Crippen LogP contribution in [-0.4, -0.2) is 35.4 Å². The summed E-state index contributed by atoms with van der Waals surface area (Å²) in [5.74, 6) is 0.845. The summed E-state index contributed by atoms with van der Waals surface area (Å²) in [6, 6.07) is 10.8. The Labute approximate surface area is 145 Å². The van der Waals surface area contributed by atoms with Crippen LogP contribution in [0.3, 0.4) is 0 Å². The lowest BCUT2D eigenvalue weighted by atomic mass is 10.1. The quantitative estimate of drug-likeness (QED) is 0.633. The van der Waals surface area contributed by atoms with E-state index in [1.807, 2.05) is 24.8 Å². The summed E-state index contributed by atoms with van der Waals surface area (Å²) in [5, 5.41) is 11.3. The fourth-order valence-corrected chi connectivity index (χ4v) is 2.87. The van der Waals surface area contributed by atoms with E-state index in [0.29, 0.717) is 0 Å². The second kappa shape index (κ2) is 8.52. The van der Waals surface area contributed by atoms with Gasteiger partial charge < -0.3 is 10.6 Å². The maximum Gasteiger partial charge on any atom is 0.191 e. The molecule has 0 spiro atoms. The SMILES string of the molecule is CN=C(NCCc1ccccc1)NC(C)Cc1c(C)nn(C)c1C. The molecular formula is C19H29N5. The van der Waals surface area contributed by atoms with Crippen LogP contribution >= 0.6 is 0 Å². The molecule has 0 bridgehead atoms. The van der Waals surface area contributed by atoms with Gasteiger partial charge in [-0.1, -0.05) is 30.3 Å². The molecule has 1 unspecified atom stereocenters. The molecule has 0 fully saturated rings. The molecule has 0 saturated heterocycles. The summed E-state index contributed by atoms with van der Waals surface area (Å²) in [5.41, 5.74) is 4.98. The van der Waals surface area contributed by atoms with Crippen molar-refractivity contribution in [2.24, 2.45) is 12.0 Å². The van der Waals surface area contributed by atoms with Crippen LogP contribution in [0, 0.1) is 13.8 Å². The van der Waals surface area contributed by atoms with E-state index in [-0.39, 0.29) is 6.04 Å². The standard InChI is InChI=1S/C19H29N5/c1-14(13-18-15(2)23-24(5)16(18)3)22-19(20-4)21-12-11-17-9-7-6-8-10-17/h6-10,14H,11-13H2,1-5H3,(H2,20,21,22). The molecule has 0 saturated carbocycles. The Hall–Kier alpha value is -2.30. The minimum Gasteiger partial charge on any atom is -0.356 e. The average Bonchev–Trinajstić information content (AvgIpc) is 2.81. The molecule has 5 heteroatoms. The topological polar surface area (TPSA) is 54.2 Å². The Morgan fingerprint density at radius 2 is 1.96 bits per heavy atom. The normalized spacial score (nSPS) is 13.0. The Balaban J connectivity index is 1.83. The number of hydrogen-bond donors (Lipinski definition) is 2. The van der Waals surface area contributed by atoms with Gasteiger partial charge in [-0.3, -0.25) is 9.67 Å². The lowest BCUT2D eigenvalue weighted by Gasteiger charge is -2.18. The Morgan fingerprint density at radius 1 is 1.25 bits per heavy atom. The van der Waals surface area contributed by atoms with E-state index < -0.39 is 0 Å². The van der Waals surface area contributed by atoms with E-state index in [4.69, 9.17) is 0 Å². The van der Waals surface area contributed by atoms with E-state index >= 15 is 0 Å². The molecule has 1 heterocycles. The lowest BCUT2D eigenvalue weighted by Crippen LogP contribution is -2.43. The Kier molecular flexibility index (Phi) is 6.41. The first-order valence-electron chi connectivity index (χ1n) is 8.51. The molecule has 2 rings (SSSR count). The molecule has 5 nitrogen and oxygen atoms in total. The van der Waals surface area contributed by atoms with Crippen molar-refractivity contribution in [2.45, 2.75) is 39.7 Å². The monoisotopic (exact) mass is 327 g/mol. The molecule has 0 aliphatic rings. The van der Waals surface area contributed by atoms with Gasteiger partial charge in [-0.25, -0.2) is 0 Å². The van der Waals surface area contributed by atoms with Crippen molar-refractivity contribution in [2.75, 3.05) is 13.6 Å². The van der Waals surface area contributed by atoms with Crippen molar-refractivity contribution in [3.8, 4) is 0 Å². The van der Waals surface area contributed by atoms with Crippen molar-refractivity contribution in [1.82, 2.24) is 20.4 Å². The summed E-state index contributed by atoms with van der Waals surface area (Å²) in [6.07, 6.45) is 1.92. The molecule has 2 aromatic rings. The molecule has 0 amide bonds. The molecule has 0 aliphatic carbocycles. The maximum absolute atomic E-state index is 4.49. The van der Waals surface area contributed by atoms with Crippen molar-refractivity contribution >= 4 is 5.96 Å². The number of aliphatic imine (C=N–C) groups is 1. The first-order chi connectivity index (χ1) is 11.5. The number of rotatable bonds is 6. The third-order valence-corrected chi connectivity index (χ3v) is 4.32.